The van der Waals surface area contributed by atoms with E-state index in [9.17, 15) is 4.39 Å². The standard InChI is InChI=1S/C15H20BrFN4OS/c16-13-3-2-12(14(17)10-13)11-19-20-15(23)18-4-1-5-21-6-8-22-9-7-21/h2-3,10-11H,1,4-9H2,(H2,18,20,23)/b19-11-. The van der Waals surface area contributed by atoms with Gasteiger partial charge in [-0.05, 0) is 43.4 Å². The van der Waals surface area contributed by atoms with Crippen molar-refractivity contribution in [1.82, 2.24) is 15.6 Å². The molecular weight excluding hydrogens is 383 g/mol. The summed E-state index contributed by atoms with van der Waals surface area (Å²) in [6.07, 6.45) is 2.40. The number of hydrogen-bond donors (Lipinski definition) is 2. The Bertz CT molecular complexity index is 552. The maximum absolute atomic E-state index is 13.6. The monoisotopic (exact) mass is 402 g/mol. The van der Waals surface area contributed by atoms with Crippen molar-refractivity contribution in [3.05, 3.63) is 34.1 Å². The third kappa shape index (κ3) is 6.90. The lowest BCUT2D eigenvalue weighted by Crippen LogP contribution is -2.39. The summed E-state index contributed by atoms with van der Waals surface area (Å²) >= 11 is 8.33. The van der Waals surface area contributed by atoms with Gasteiger partial charge in [0.1, 0.15) is 5.82 Å². The van der Waals surface area contributed by atoms with Crippen LogP contribution in [-0.2, 0) is 4.74 Å². The minimum Gasteiger partial charge on any atom is -0.379 e. The van der Waals surface area contributed by atoms with E-state index >= 15 is 0 Å². The van der Waals surface area contributed by atoms with E-state index < -0.39 is 0 Å². The van der Waals surface area contributed by atoms with Crippen molar-refractivity contribution in [2.75, 3.05) is 39.4 Å². The Morgan fingerprint density at radius 3 is 2.96 bits per heavy atom. The van der Waals surface area contributed by atoms with Gasteiger partial charge in [-0.1, -0.05) is 15.9 Å². The van der Waals surface area contributed by atoms with E-state index in [0.717, 1.165) is 45.8 Å². The minimum absolute atomic E-state index is 0.339. The van der Waals surface area contributed by atoms with Crippen LogP contribution in [0.4, 0.5) is 4.39 Å². The molecule has 1 heterocycles. The van der Waals surface area contributed by atoms with Gasteiger partial charge in [-0.15, -0.1) is 0 Å². The van der Waals surface area contributed by atoms with Crippen LogP contribution in [0.15, 0.2) is 27.8 Å². The van der Waals surface area contributed by atoms with Crippen LogP contribution in [0.25, 0.3) is 0 Å². The lowest BCUT2D eigenvalue weighted by Gasteiger charge is -2.26. The average molecular weight is 403 g/mol. The number of hydrogen-bond acceptors (Lipinski definition) is 4. The number of hydrazone groups is 1. The molecule has 0 aromatic heterocycles. The highest BCUT2D eigenvalue weighted by atomic mass is 79.9. The van der Waals surface area contributed by atoms with E-state index in [1.165, 1.54) is 12.3 Å². The third-order valence-corrected chi connectivity index (χ3v) is 4.10. The summed E-state index contributed by atoms with van der Waals surface area (Å²) in [5, 5.41) is 7.45. The second-order valence-electron chi connectivity index (χ2n) is 5.10. The summed E-state index contributed by atoms with van der Waals surface area (Å²) < 4.78 is 19.6. The van der Waals surface area contributed by atoms with Crippen LogP contribution < -0.4 is 10.7 Å². The van der Waals surface area contributed by atoms with E-state index in [2.05, 4.69) is 36.7 Å². The van der Waals surface area contributed by atoms with E-state index in [1.54, 1.807) is 12.1 Å². The van der Waals surface area contributed by atoms with Crippen LogP contribution in [-0.4, -0.2) is 55.6 Å². The Balaban J connectivity index is 1.61. The van der Waals surface area contributed by atoms with Crippen LogP contribution in [0, 0.1) is 5.82 Å². The maximum atomic E-state index is 13.6. The van der Waals surface area contributed by atoms with E-state index in [0.29, 0.717) is 15.1 Å². The molecule has 0 spiro atoms. The molecule has 1 aromatic carbocycles. The second kappa shape index (κ2) is 9.92. The van der Waals surface area contributed by atoms with Gasteiger partial charge in [-0.3, -0.25) is 10.3 Å². The van der Waals surface area contributed by atoms with Crippen molar-refractivity contribution in [3.63, 3.8) is 0 Å². The van der Waals surface area contributed by atoms with Crippen LogP contribution in [0.5, 0.6) is 0 Å². The largest absolute Gasteiger partial charge is 0.379 e. The Kier molecular flexibility index (Phi) is 7.87. The zero-order valence-corrected chi connectivity index (χ0v) is 15.1. The first-order chi connectivity index (χ1) is 11.1. The summed E-state index contributed by atoms with van der Waals surface area (Å²) in [5.41, 5.74) is 3.09. The highest BCUT2D eigenvalue weighted by molar-refractivity contribution is 9.10. The molecule has 8 heteroatoms. The predicted molar refractivity (Wildman–Crippen MR) is 97.3 cm³/mol. The van der Waals surface area contributed by atoms with Gasteiger partial charge in [0.15, 0.2) is 5.11 Å². The Morgan fingerprint density at radius 2 is 2.22 bits per heavy atom. The molecule has 0 amide bonds. The van der Waals surface area contributed by atoms with Gasteiger partial charge < -0.3 is 10.1 Å². The van der Waals surface area contributed by atoms with Crippen LogP contribution >= 0.6 is 28.1 Å². The highest BCUT2D eigenvalue weighted by Crippen LogP contribution is 2.13. The fraction of sp³-hybridized carbons (Fsp3) is 0.467. The lowest BCUT2D eigenvalue weighted by atomic mass is 10.2. The molecule has 5 nitrogen and oxygen atoms in total. The highest BCUT2D eigenvalue weighted by Gasteiger charge is 2.09. The van der Waals surface area contributed by atoms with Crippen molar-refractivity contribution in [2.24, 2.45) is 5.10 Å². The zero-order valence-electron chi connectivity index (χ0n) is 12.7. The van der Waals surface area contributed by atoms with Crippen molar-refractivity contribution in [1.29, 1.82) is 0 Å². The third-order valence-electron chi connectivity index (χ3n) is 3.37. The Morgan fingerprint density at radius 1 is 1.43 bits per heavy atom. The molecule has 0 atom stereocenters. The van der Waals surface area contributed by atoms with Gasteiger partial charge in [0.05, 0.1) is 19.4 Å². The molecule has 1 saturated heterocycles. The average Bonchev–Trinajstić information content (AvgIpc) is 2.55. The van der Waals surface area contributed by atoms with Crippen LogP contribution in [0.2, 0.25) is 0 Å². The molecule has 0 saturated carbocycles. The quantitative estimate of drug-likeness (QED) is 0.330. The fourth-order valence-electron chi connectivity index (χ4n) is 2.14. The fourth-order valence-corrected chi connectivity index (χ4v) is 2.62. The van der Waals surface area contributed by atoms with Crippen LogP contribution in [0.3, 0.4) is 0 Å². The van der Waals surface area contributed by atoms with Crippen molar-refractivity contribution in [2.45, 2.75) is 6.42 Å². The Labute approximate surface area is 149 Å². The lowest BCUT2D eigenvalue weighted by molar-refractivity contribution is 0.0376. The number of ether oxygens (including phenoxy) is 1. The molecule has 0 bridgehead atoms. The molecule has 1 aliphatic rings. The minimum atomic E-state index is -0.339. The summed E-state index contributed by atoms with van der Waals surface area (Å²) in [6, 6.07) is 4.79. The first-order valence-electron chi connectivity index (χ1n) is 7.47. The number of halogens is 2. The SMILES string of the molecule is Fc1cc(Br)ccc1/C=N\NC(=S)NCCCN1CCOCC1. The molecule has 2 rings (SSSR count). The number of nitrogens with one attached hydrogen (secondary N) is 2. The van der Waals surface area contributed by atoms with Crippen molar-refractivity contribution >= 4 is 39.5 Å². The van der Waals surface area contributed by atoms with Gasteiger partial charge in [0.25, 0.3) is 0 Å². The zero-order chi connectivity index (χ0) is 16.5. The summed E-state index contributed by atoms with van der Waals surface area (Å²) in [6.45, 7) is 5.40. The summed E-state index contributed by atoms with van der Waals surface area (Å²) in [5.74, 6) is -0.339. The molecule has 1 aromatic rings. The van der Waals surface area contributed by atoms with E-state index in [1.807, 2.05) is 0 Å². The van der Waals surface area contributed by atoms with E-state index in [-0.39, 0.29) is 5.82 Å². The Hall–Kier alpha value is -1.09. The topological polar surface area (TPSA) is 48.9 Å². The van der Waals surface area contributed by atoms with Gasteiger partial charge in [-0.2, -0.15) is 5.10 Å². The van der Waals surface area contributed by atoms with Gasteiger partial charge in [-0.25, -0.2) is 4.39 Å². The van der Waals surface area contributed by atoms with Crippen LogP contribution in [0.1, 0.15) is 12.0 Å². The number of rotatable bonds is 6. The predicted octanol–water partition coefficient (Wildman–Crippen LogP) is 2.11. The molecule has 1 fully saturated rings. The molecule has 1 aliphatic heterocycles. The molecule has 126 valence electrons. The number of nitrogens with zero attached hydrogens (tertiary/aromatic N) is 2. The van der Waals surface area contributed by atoms with Gasteiger partial charge in [0, 0.05) is 29.7 Å². The second-order valence-corrected chi connectivity index (χ2v) is 6.42. The number of thiocarbonyl (C=S) groups is 1. The van der Waals surface area contributed by atoms with Gasteiger partial charge in [0.2, 0.25) is 0 Å². The van der Waals surface area contributed by atoms with Gasteiger partial charge >= 0.3 is 0 Å². The normalized spacial score (nSPS) is 15.7. The van der Waals surface area contributed by atoms with Crippen molar-refractivity contribution < 1.29 is 9.13 Å². The molecule has 0 radical (unpaired) electrons. The smallest absolute Gasteiger partial charge is 0.186 e. The molecule has 0 aliphatic carbocycles. The molecule has 0 unspecified atom stereocenters. The van der Waals surface area contributed by atoms with Crippen molar-refractivity contribution in [3.8, 4) is 0 Å². The number of morpholine rings is 1. The molecular formula is C15H20BrFN4OS. The van der Waals surface area contributed by atoms with E-state index in [4.69, 9.17) is 17.0 Å². The first kappa shape index (κ1) is 18.3. The number of benzene rings is 1. The maximum Gasteiger partial charge on any atom is 0.186 e. The first-order valence-corrected chi connectivity index (χ1v) is 8.67. The summed E-state index contributed by atoms with van der Waals surface area (Å²) in [4.78, 5) is 2.37. The molecule has 23 heavy (non-hydrogen) atoms. The molecule has 2 N–H and O–H groups in total. The summed E-state index contributed by atoms with van der Waals surface area (Å²) in [7, 11) is 0.